The Bertz CT molecular complexity index is 804. The Morgan fingerprint density at radius 3 is 2.62 bits per heavy atom. The molecule has 0 aliphatic carbocycles. The standard InChI is InChI=1S/C13H13N3O3S2/c1-8-6-11(12(14)20)16-13(15-8)19-9-4-3-5-10(7-9)21(2,17)18/h3-7H,1-2H3,(H2,14,20). The molecule has 0 aliphatic heterocycles. The first-order valence-electron chi connectivity index (χ1n) is 5.89. The fraction of sp³-hybridized carbons (Fsp3) is 0.154. The molecule has 0 radical (unpaired) electrons. The summed E-state index contributed by atoms with van der Waals surface area (Å²) in [4.78, 5) is 8.47. The maximum Gasteiger partial charge on any atom is 0.322 e. The Morgan fingerprint density at radius 2 is 2.00 bits per heavy atom. The summed E-state index contributed by atoms with van der Waals surface area (Å²) in [6.45, 7) is 1.75. The molecule has 2 rings (SSSR count). The van der Waals surface area contributed by atoms with Gasteiger partial charge in [0.05, 0.1) is 4.90 Å². The molecule has 0 spiro atoms. The first-order valence-corrected chi connectivity index (χ1v) is 8.19. The number of ether oxygens (including phenoxy) is 1. The number of nitrogens with two attached hydrogens (primary N) is 1. The molecule has 21 heavy (non-hydrogen) atoms. The van der Waals surface area contributed by atoms with Gasteiger partial charge in [-0.05, 0) is 31.2 Å². The Labute approximate surface area is 127 Å². The van der Waals surface area contributed by atoms with Crippen molar-refractivity contribution in [2.24, 2.45) is 5.73 Å². The smallest absolute Gasteiger partial charge is 0.322 e. The summed E-state index contributed by atoms with van der Waals surface area (Å²) in [5.41, 5.74) is 6.57. The lowest BCUT2D eigenvalue weighted by Gasteiger charge is -2.07. The van der Waals surface area contributed by atoms with Crippen molar-refractivity contribution in [3.05, 3.63) is 41.7 Å². The highest BCUT2D eigenvalue weighted by Gasteiger charge is 2.10. The zero-order valence-electron chi connectivity index (χ0n) is 11.4. The van der Waals surface area contributed by atoms with Crippen molar-refractivity contribution >= 4 is 27.0 Å². The summed E-state index contributed by atoms with van der Waals surface area (Å²) < 4.78 is 28.5. The normalized spacial score (nSPS) is 11.1. The number of hydrogen-bond donors (Lipinski definition) is 1. The van der Waals surface area contributed by atoms with Crippen LogP contribution in [0.4, 0.5) is 0 Å². The van der Waals surface area contributed by atoms with Gasteiger partial charge in [-0.25, -0.2) is 13.4 Å². The second-order valence-corrected chi connectivity index (χ2v) is 6.85. The van der Waals surface area contributed by atoms with Crippen molar-refractivity contribution in [2.75, 3.05) is 6.26 Å². The molecule has 1 aromatic heterocycles. The minimum absolute atomic E-state index is 0.0588. The average molecular weight is 323 g/mol. The molecule has 0 saturated heterocycles. The molecule has 2 aromatic rings. The third-order valence-corrected chi connectivity index (χ3v) is 3.85. The van der Waals surface area contributed by atoms with E-state index in [9.17, 15) is 8.42 Å². The fourth-order valence-electron chi connectivity index (χ4n) is 1.59. The Balaban J connectivity index is 2.37. The summed E-state index contributed by atoms with van der Waals surface area (Å²) in [7, 11) is -3.31. The van der Waals surface area contributed by atoms with Crippen molar-refractivity contribution in [3.8, 4) is 11.8 Å². The lowest BCUT2D eigenvalue weighted by Crippen LogP contribution is -2.13. The number of aryl methyl sites for hydroxylation is 1. The van der Waals surface area contributed by atoms with E-state index >= 15 is 0 Å². The highest BCUT2D eigenvalue weighted by Crippen LogP contribution is 2.22. The minimum atomic E-state index is -3.31. The average Bonchev–Trinajstić information content (AvgIpc) is 2.37. The number of hydrogen-bond acceptors (Lipinski definition) is 6. The van der Waals surface area contributed by atoms with Crippen molar-refractivity contribution in [1.82, 2.24) is 9.97 Å². The quantitative estimate of drug-likeness (QED) is 0.854. The molecule has 0 fully saturated rings. The first-order chi connectivity index (χ1) is 9.75. The van der Waals surface area contributed by atoms with E-state index in [1.165, 1.54) is 12.1 Å². The van der Waals surface area contributed by atoms with Gasteiger partial charge >= 0.3 is 6.01 Å². The second kappa shape index (κ2) is 5.74. The number of thiocarbonyl (C=S) groups is 1. The van der Waals surface area contributed by atoms with E-state index in [2.05, 4.69) is 9.97 Å². The highest BCUT2D eigenvalue weighted by atomic mass is 32.2. The zero-order chi connectivity index (χ0) is 15.6. The molecule has 0 atom stereocenters. The van der Waals surface area contributed by atoms with Crippen LogP contribution < -0.4 is 10.5 Å². The monoisotopic (exact) mass is 323 g/mol. The number of rotatable bonds is 4. The van der Waals surface area contributed by atoms with E-state index in [4.69, 9.17) is 22.7 Å². The van der Waals surface area contributed by atoms with Crippen LogP contribution in [0.5, 0.6) is 11.8 Å². The van der Waals surface area contributed by atoms with E-state index in [1.54, 1.807) is 25.1 Å². The van der Waals surface area contributed by atoms with Crippen LogP contribution in [0, 0.1) is 6.92 Å². The van der Waals surface area contributed by atoms with Gasteiger partial charge in [0.15, 0.2) is 9.84 Å². The molecule has 0 unspecified atom stereocenters. The van der Waals surface area contributed by atoms with Gasteiger partial charge in [-0.2, -0.15) is 4.98 Å². The van der Waals surface area contributed by atoms with Gasteiger partial charge in [0.1, 0.15) is 16.4 Å². The molecule has 0 amide bonds. The van der Waals surface area contributed by atoms with Gasteiger partial charge < -0.3 is 10.5 Å². The fourth-order valence-corrected chi connectivity index (χ4v) is 2.35. The molecule has 1 aromatic carbocycles. The van der Waals surface area contributed by atoms with Crippen molar-refractivity contribution in [3.63, 3.8) is 0 Å². The van der Waals surface area contributed by atoms with Gasteiger partial charge in [-0.3, -0.25) is 0 Å². The van der Waals surface area contributed by atoms with Crippen LogP contribution in [0.2, 0.25) is 0 Å². The van der Waals surface area contributed by atoms with Crippen molar-refractivity contribution in [1.29, 1.82) is 0 Å². The lowest BCUT2D eigenvalue weighted by molar-refractivity contribution is 0.438. The largest absolute Gasteiger partial charge is 0.424 e. The summed E-state index contributed by atoms with van der Waals surface area (Å²) in [5, 5.41) is 0. The van der Waals surface area contributed by atoms with Crippen LogP contribution >= 0.6 is 12.2 Å². The number of nitrogens with zero attached hydrogens (tertiary/aromatic N) is 2. The van der Waals surface area contributed by atoms with Crippen LogP contribution in [0.1, 0.15) is 11.4 Å². The molecule has 8 heteroatoms. The van der Waals surface area contributed by atoms with Crippen LogP contribution in [-0.4, -0.2) is 29.6 Å². The molecule has 110 valence electrons. The summed E-state index contributed by atoms with van der Waals surface area (Å²) in [6.07, 6.45) is 1.13. The van der Waals surface area contributed by atoms with Gasteiger partial charge in [0.2, 0.25) is 0 Å². The van der Waals surface area contributed by atoms with Crippen LogP contribution in [0.3, 0.4) is 0 Å². The minimum Gasteiger partial charge on any atom is -0.424 e. The van der Waals surface area contributed by atoms with Gasteiger partial charge in [-0.1, -0.05) is 18.3 Å². The molecule has 1 heterocycles. The van der Waals surface area contributed by atoms with E-state index in [0.717, 1.165) is 6.26 Å². The molecular formula is C13H13N3O3S2. The molecule has 0 saturated carbocycles. The molecule has 6 nitrogen and oxygen atoms in total. The van der Waals surface area contributed by atoms with E-state index in [0.29, 0.717) is 17.1 Å². The van der Waals surface area contributed by atoms with Crippen molar-refractivity contribution < 1.29 is 13.2 Å². The number of aromatic nitrogens is 2. The predicted molar refractivity (Wildman–Crippen MR) is 82.3 cm³/mol. The third kappa shape index (κ3) is 3.96. The Morgan fingerprint density at radius 1 is 1.29 bits per heavy atom. The Hall–Kier alpha value is -2.06. The topological polar surface area (TPSA) is 95.2 Å². The second-order valence-electron chi connectivity index (χ2n) is 4.39. The Kier molecular flexibility index (Phi) is 4.19. The van der Waals surface area contributed by atoms with Crippen LogP contribution in [0.15, 0.2) is 35.2 Å². The van der Waals surface area contributed by atoms with E-state index in [1.807, 2.05) is 0 Å². The summed E-state index contributed by atoms with van der Waals surface area (Å²) >= 11 is 4.87. The predicted octanol–water partition coefficient (Wildman–Crippen LogP) is 1.62. The molecular weight excluding hydrogens is 310 g/mol. The van der Waals surface area contributed by atoms with Gasteiger partial charge in [0.25, 0.3) is 0 Å². The summed E-state index contributed by atoms with van der Waals surface area (Å²) in [6, 6.07) is 7.78. The zero-order valence-corrected chi connectivity index (χ0v) is 13.0. The maximum absolute atomic E-state index is 11.5. The first kappa shape index (κ1) is 15.3. The van der Waals surface area contributed by atoms with E-state index < -0.39 is 9.84 Å². The maximum atomic E-state index is 11.5. The van der Waals surface area contributed by atoms with Crippen LogP contribution in [-0.2, 0) is 9.84 Å². The van der Waals surface area contributed by atoms with Gasteiger partial charge in [0, 0.05) is 11.9 Å². The number of benzene rings is 1. The highest BCUT2D eigenvalue weighted by molar-refractivity contribution is 7.90. The molecule has 2 N–H and O–H groups in total. The SMILES string of the molecule is Cc1cc(C(N)=S)nc(Oc2cccc(S(C)(=O)=O)c2)n1. The molecule has 0 aliphatic rings. The van der Waals surface area contributed by atoms with Gasteiger partial charge in [-0.15, -0.1) is 0 Å². The summed E-state index contributed by atoms with van der Waals surface area (Å²) in [5.74, 6) is 0.317. The number of sulfone groups is 1. The lowest BCUT2D eigenvalue weighted by atomic mass is 10.3. The van der Waals surface area contributed by atoms with E-state index in [-0.39, 0.29) is 15.9 Å². The van der Waals surface area contributed by atoms with Crippen LogP contribution in [0.25, 0.3) is 0 Å². The third-order valence-electron chi connectivity index (χ3n) is 2.53. The van der Waals surface area contributed by atoms with Crippen molar-refractivity contribution in [2.45, 2.75) is 11.8 Å². The molecule has 0 bridgehead atoms.